The SMILES string of the molecule is COc1ccc(-c2nc(-c3ccc(C)n3Cc3ccc(OC)c(OC)c3)cs2)cc1. The molecule has 0 radical (unpaired) electrons. The van der Waals surface area contributed by atoms with E-state index < -0.39 is 0 Å². The number of aryl methyl sites for hydroxylation is 1. The molecule has 0 N–H and O–H groups in total. The minimum absolute atomic E-state index is 0.726. The van der Waals surface area contributed by atoms with Gasteiger partial charge in [-0.15, -0.1) is 11.3 Å². The minimum atomic E-state index is 0.726. The fraction of sp³-hybridized carbons (Fsp3) is 0.208. The molecule has 30 heavy (non-hydrogen) atoms. The Kier molecular flexibility index (Phi) is 5.77. The second-order valence-electron chi connectivity index (χ2n) is 6.90. The lowest BCUT2D eigenvalue weighted by atomic mass is 10.2. The quantitative estimate of drug-likeness (QED) is 0.387. The Labute approximate surface area is 180 Å². The summed E-state index contributed by atoms with van der Waals surface area (Å²) in [5.74, 6) is 2.31. The summed E-state index contributed by atoms with van der Waals surface area (Å²) in [4.78, 5) is 4.90. The van der Waals surface area contributed by atoms with E-state index >= 15 is 0 Å². The molecular weight excluding hydrogens is 396 g/mol. The normalized spacial score (nSPS) is 10.8. The molecule has 2 heterocycles. The second kappa shape index (κ2) is 8.63. The number of rotatable bonds is 7. The Bertz CT molecular complexity index is 1150. The van der Waals surface area contributed by atoms with Crippen LogP contribution in [-0.2, 0) is 6.54 Å². The van der Waals surface area contributed by atoms with Crippen molar-refractivity contribution in [3.8, 4) is 39.2 Å². The number of ether oxygens (including phenoxy) is 3. The molecule has 2 aromatic heterocycles. The van der Waals surface area contributed by atoms with Gasteiger partial charge in [-0.2, -0.15) is 0 Å². The molecule has 4 aromatic rings. The number of hydrogen-bond donors (Lipinski definition) is 0. The zero-order chi connectivity index (χ0) is 21.1. The molecule has 154 valence electrons. The molecule has 0 saturated heterocycles. The minimum Gasteiger partial charge on any atom is -0.497 e. The zero-order valence-electron chi connectivity index (χ0n) is 17.5. The summed E-state index contributed by atoms with van der Waals surface area (Å²) in [7, 11) is 4.98. The summed E-state index contributed by atoms with van der Waals surface area (Å²) < 4.78 is 18.3. The van der Waals surface area contributed by atoms with Gasteiger partial charge in [0.25, 0.3) is 0 Å². The maximum absolute atomic E-state index is 5.46. The van der Waals surface area contributed by atoms with Gasteiger partial charge in [0, 0.05) is 23.2 Å². The zero-order valence-corrected chi connectivity index (χ0v) is 18.3. The molecule has 0 fully saturated rings. The smallest absolute Gasteiger partial charge is 0.161 e. The molecular formula is C24H24N2O3S. The molecule has 0 aliphatic heterocycles. The number of thiazole rings is 1. The van der Waals surface area contributed by atoms with Crippen molar-refractivity contribution in [2.24, 2.45) is 0 Å². The highest BCUT2D eigenvalue weighted by Crippen LogP contribution is 2.32. The maximum Gasteiger partial charge on any atom is 0.161 e. The van der Waals surface area contributed by atoms with Gasteiger partial charge in [0.05, 0.1) is 32.7 Å². The van der Waals surface area contributed by atoms with Gasteiger partial charge in [-0.25, -0.2) is 4.98 Å². The number of aromatic nitrogens is 2. The highest BCUT2D eigenvalue weighted by Gasteiger charge is 2.14. The van der Waals surface area contributed by atoms with Gasteiger partial charge in [0.2, 0.25) is 0 Å². The van der Waals surface area contributed by atoms with Crippen LogP contribution in [0.1, 0.15) is 11.3 Å². The standard InChI is InChI=1S/C24H24N2O3S/c1-16-5-11-21(26(16)14-17-6-12-22(28-3)23(13-17)29-4)20-15-30-24(25-20)18-7-9-19(27-2)10-8-18/h5-13,15H,14H2,1-4H3. The molecule has 0 bridgehead atoms. The molecule has 0 aliphatic carbocycles. The Morgan fingerprint density at radius 3 is 2.33 bits per heavy atom. The summed E-state index contributed by atoms with van der Waals surface area (Å²) >= 11 is 1.64. The third kappa shape index (κ3) is 3.91. The van der Waals surface area contributed by atoms with Gasteiger partial charge in [0.1, 0.15) is 10.8 Å². The van der Waals surface area contributed by atoms with Gasteiger partial charge in [-0.1, -0.05) is 6.07 Å². The van der Waals surface area contributed by atoms with Gasteiger partial charge in [0.15, 0.2) is 11.5 Å². The number of nitrogens with zero attached hydrogens (tertiary/aromatic N) is 2. The lowest BCUT2D eigenvalue weighted by Gasteiger charge is -2.13. The van der Waals surface area contributed by atoms with Gasteiger partial charge in [-0.3, -0.25) is 0 Å². The first-order valence-electron chi connectivity index (χ1n) is 9.60. The van der Waals surface area contributed by atoms with Crippen molar-refractivity contribution in [3.05, 3.63) is 71.2 Å². The van der Waals surface area contributed by atoms with E-state index in [0.717, 1.165) is 51.3 Å². The van der Waals surface area contributed by atoms with Crippen LogP contribution < -0.4 is 14.2 Å². The molecule has 5 nitrogen and oxygen atoms in total. The van der Waals surface area contributed by atoms with E-state index in [0.29, 0.717) is 0 Å². The summed E-state index contributed by atoms with van der Waals surface area (Å²) in [5.41, 5.74) is 5.47. The van der Waals surface area contributed by atoms with Crippen LogP contribution in [-0.4, -0.2) is 30.9 Å². The number of methoxy groups -OCH3 is 3. The van der Waals surface area contributed by atoms with Crippen LogP contribution in [0.5, 0.6) is 17.2 Å². The van der Waals surface area contributed by atoms with Crippen molar-refractivity contribution in [1.82, 2.24) is 9.55 Å². The van der Waals surface area contributed by atoms with Gasteiger partial charge >= 0.3 is 0 Å². The van der Waals surface area contributed by atoms with Crippen molar-refractivity contribution in [3.63, 3.8) is 0 Å². The second-order valence-corrected chi connectivity index (χ2v) is 7.76. The van der Waals surface area contributed by atoms with Crippen molar-refractivity contribution >= 4 is 11.3 Å². The van der Waals surface area contributed by atoms with E-state index in [1.165, 1.54) is 5.69 Å². The van der Waals surface area contributed by atoms with Crippen molar-refractivity contribution in [2.45, 2.75) is 13.5 Å². The molecule has 0 spiro atoms. The Hall–Kier alpha value is -3.25. The van der Waals surface area contributed by atoms with Crippen molar-refractivity contribution in [2.75, 3.05) is 21.3 Å². The van der Waals surface area contributed by atoms with E-state index in [4.69, 9.17) is 19.2 Å². The summed E-state index contributed by atoms with van der Waals surface area (Å²) in [6.45, 7) is 2.84. The third-order valence-corrected chi connectivity index (χ3v) is 5.98. The highest BCUT2D eigenvalue weighted by molar-refractivity contribution is 7.13. The predicted molar refractivity (Wildman–Crippen MR) is 121 cm³/mol. The molecule has 0 aliphatic rings. The van der Waals surface area contributed by atoms with Crippen LogP contribution in [0.2, 0.25) is 0 Å². The molecule has 0 atom stereocenters. The fourth-order valence-electron chi connectivity index (χ4n) is 3.42. The van der Waals surface area contributed by atoms with Gasteiger partial charge < -0.3 is 18.8 Å². The first-order valence-corrected chi connectivity index (χ1v) is 10.5. The molecule has 0 unspecified atom stereocenters. The van der Waals surface area contributed by atoms with E-state index in [9.17, 15) is 0 Å². The number of hydrogen-bond acceptors (Lipinski definition) is 5. The topological polar surface area (TPSA) is 45.5 Å². The lowest BCUT2D eigenvalue weighted by molar-refractivity contribution is 0.354. The average molecular weight is 421 g/mol. The predicted octanol–water partition coefficient (Wildman–Crippen LogP) is 5.66. The summed E-state index contributed by atoms with van der Waals surface area (Å²) in [5, 5.41) is 3.10. The van der Waals surface area contributed by atoms with Crippen LogP contribution in [0.15, 0.2) is 60.0 Å². The average Bonchev–Trinajstić information content (AvgIpc) is 3.41. The molecule has 2 aromatic carbocycles. The maximum atomic E-state index is 5.46. The Morgan fingerprint density at radius 2 is 1.63 bits per heavy atom. The van der Waals surface area contributed by atoms with E-state index in [2.05, 4.69) is 35.1 Å². The largest absolute Gasteiger partial charge is 0.497 e. The summed E-state index contributed by atoms with van der Waals surface area (Å²) in [6, 6.07) is 18.3. The molecule has 0 saturated carbocycles. The van der Waals surface area contributed by atoms with Crippen LogP contribution in [0.25, 0.3) is 22.0 Å². The van der Waals surface area contributed by atoms with Crippen molar-refractivity contribution < 1.29 is 14.2 Å². The van der Waals surface area contributed by atoms with Crippen molar-refractivity contribution in [1.29, 1.82) is 0 Å². The van der Waals surface area contributed by atoms with Crippen LogP contribution in [0, 0.1) is 6.92 Å². The lowest BCUT2D eigenvalue weighted by Crippen LogP contribution is -2.04. The monoisotopic (exact) mass is 420 g/mol. The third-order valence-electron chi connectivity index (χ3n) is 5.09. The van der Waals surface area contributed by atoms with Crippen LogP contribution >= 0.6 is 11.3 Å². The Balaban J connectivity index is 1.64. The van der Waals surface area contributed by atoms with Crippen LogP contribution in [0.4, 0.5) is 0 Å². The van der Waals surface area contributed by atoms with Crippen LogP contribution in [0.3, 0.4) is 0 Å². The number of benzene rings is 2. The molecule has 0 amide bonds. The molecule has 4 rings (SSSR count). The molecule has 6 heteroatoms. The van der Waals surface area contributed by atoms with E-state index in [1.54, 1.807) is 32.7 Å². The first-order chi connectivity index (χ1) is 14.6. The van der Waals surface area contributed by atoms with E-state index in [-0.39, 0.29) is 0 Å². The summed E-state index contributed by atoms with van der Waals surface area (Å²) in [6.07, 6.45) is 0. The first kappa shape index (κ1) is 20.0. The van der Waals surface area contributed by atoms with E-state index in [1.807, 2.05) is 36.4 Å². The highest BCUT2D eigenvalue weighted by atomic mass is 32.1. The van der Waals surface area contributed by atoms with Gasteiger partial charge in [-0.05, 0) is 61.0 Å². The Morgan fingerprint density at radius 1 is 0.867 bits per heavy atom. The fourth-order valence-corrected chi connectivity index (χ4v) is 4.24.